The Morgan fingerprint density at radius 3 is 2.52 bits per heavy atom. The Morgan fingerprint density at radius 2 is 1.84 bits per heavy atom. The molecule has 14 heteroatoms. The summed E-state index contributed by atoms with van der Waals surface area (Å²) >= 11 is 0. The number of aromatic nitrogens is 3. The third kappa shape index (κ3) is 6.45. The molecule has 234 valence electrons. The molecule has 3 heterocycles. The lowest BCUT2D eigenvalue weighted by atomic mass is 10.0. The fourth-order valence-corrected chi connectivity index (χ4v) is 5.02. The molecule has 0 saturated carbocycles. The number of nitrogens with one attached hydrogen (secondary N) is 2. The van der Waals surface area contributed by atoms with Crippen LogP contribution in [0.15, 0.2) is 36.7 Å². The summed E-state index contributed by atoms with van der Waals surface area (Å²) in [6.07, 6.45) is -3.63. The summed E-state index contributed by atoms with van der Waals surface area (Å²) in [6.45, 7) is 6.55. The van der Waals surface area contributed by atoms with Gasteiger partial charge in [-0.25, -0.2) is 18.7 Å². The first-order valence-electron chi connectivity index (χ1n) is 14.0. The molecule has 2 N–H and O–H groups in total. The van der Waals surface area contributed by atoms with Crippen molar-refractivity contribution in [2.45, 2.75) is 26.6 Å². The van der Waals surface area contributed by atoms with Crippen LogP contribution in [-0.4, -0.2) is 82.4 Å². The van der Waals surface area contributed by atoms with Gasteiger partial charge in [0.05, 0.1) is 11.1 Å². The lowest BCUT2D eigenvalue weighted by Gasteiger charge is -2.33. The molecule has 0 spiro atoms. The number of benzene rings is 2. The van der Waals surface area contributed by atoms with Crippen LogP contribution in [0.5, 0.6) is 11.6 Å². The van der Waals surface area contributed by atoms with E-state index in [4.69, 9.17) is 4.74 Å². The van der Waals surface area contributed by atoms with Crippen LogP contribution in [0.3, 0.4) is 0 Å². The number of halogens is 5. The second-order valence-electron chi connectivity index (χ2n) is 10.8. The summed E-state index contributed by atoms with van der Waals surface area (Å²) in [6, 6.07) is 6.07. The van der Waals surface area contributed by atoms with Crippen molar-refractivity contribution in [3.63, 3.8) is 0 Å². The number of piperazine rings is 1. The maximum absolute atomic E-state index is 15.4. The number of carbonyl (C=O) groups excluding carboxylic acids is 1. The highest BCUT2D eigenvalue weighted by Crippen LogP contribution is 2.38. The maximum atomic E-state index is 15.4. The first-order valence-corrected chi connectivity index (χ1v) is 14.0. The average Bonchev–Trinajstić information content (AvgIpc) is 3.39. The van der Waals surface area contributed by atoms with Crippen LogP contribution in [0, 0.1) is 18.6 Å². The largest absolute Gasteiger partial charge is 0.435 e. The van der Waals surface area contributed by atoms with Crippen LogP contribution in [0.2, 0.25) is 0 Å². The third-order valence-electron chi connectivity index (χ3n) is 7.62. The zero-order chi connectivity index (χ0) is 31.8. The van der Waals surface area contributed by atoms with Gasteiger partial charge < -0.3 is 24.8 Å². The summed E-state index contributed by atoms with van der Waals surface area (Å²) < 4.78 is 78.4. The Labute approximate surface area is 250 Å². The molecule has 1 fully saturated rings. The summed E-state index contributed by atoms with van der Waals surface area (Å²) in [5.74, 6) is -3.41. The highest BCUT2D eigenvalue weighted by atomic mass is 19.4. The Morgan fingerprint density at radius 1 is 1.11 bits per heavy atom. The summed E-state index contributed by atoms with van der Waals surface area (Å²) in [4.78, 5) is 29.7. The third-order valence-corrected chi connectivity index (χ3v) is 7.62. The first kappa shape index (κ1) is 31.1. The molecule has 0 atom stereocenters. The predicted octanol–water partition coefficient (Wildman–Crippen LogP) is 5.94. The lowest BCUT2D eigenvalue weighted by Crippen LogP contribution is -2.44. The molecule has 5 rings (SSSR count). The van der Waals surface area contributed by atoms with Crippen LogP contribution in [0.1, 0.15) is 34.1 Å². The number of fused-ring (bicyclic) bond motifs is 1. The van der Waals surface area contributed by atoms with E-state index in [1.54, 1.807) is 13.8 Å². The summed E-state index contributed by atoms with van der Waals surface area (Å²) in [7, 11) is 3.46. The zero-order valence-electron chi connectivity index (χ0n) is 24.6. The van der Waals surface area contributed by atoms with E-state index in [1.165, 1.54) is 30.1 Å². The van der Waals surface area contributed by atoms with Crippen molar-refractivity contribution in [1.29, 1.82) is 0 Å². The number of rotatable bonds is 8. The van der Waals surface area contributed by atoms with Crippen LogP contribution in [0.4, 0.5) is 33.5 Å². The molecule has 1 saturated heterocycles. The van der Waals surface area contributed by atoms with Gasteiger partial charge in [-0.05, 0) is 44.7 Å². The molecule has 1 aliphatic heterocycles. The number of aromatic amines is 1. The van der Waals surface area contributed by atoms with E-state index < -0.39 is 40.9 Å². The number of carbonyl (C=O) groups is 1. The molecular weight excluding hydrogens is 585 g/mol. The summed E-state index contributed by atoms with van der Waals surface area (Å²) in [5, 5.41) is 2.74. The second-order valence-corrected chi connectivity index (χ2v) is 10.8. The molecule has 2 aromatic carbocycles. The van der Waals surface area contributed by atoms with Gasteiger partial charge in [0, 0.05) is 69.2 Å². The predicted molar refractivity (Wildman–Crippen MR) is 155 cm³/mol. The fourth-order valence-electron chi connectivity index (χ4n) is 5.02. The fraction of sp³-hybridized carbons (Fsp3) is 0.367. The topological polar surface area (TPSA) is 89.6 Å². The molecular formula is C30H32F5N7O2. The van der Waals surface area contributed by atoms with Crippen molar-refractivity contribution < 1.29 is 31.5 Å². The Balaban J connectivity index is 1.52. The van der Waals surface area contributed by atoms with Gasteiger partial charge in [0.15, 0.2) is 23.2 Å². The van der Waals surface area contributed by atoms with Crippen molar-refractivity contribution in [2.24, 2.45) is 0 Å². The van der Waals surface area contributed by atoms with E-state index in [2.05, 4.69) is 25.2 Å². The number of hydrogen-bond acceptors (Lipinski definition) is 7. The van der Waals surface area contributed by atoms with E-state index in [0.717, 1.165) is 31.5 Å². The zero-order valence-corrected chi connectivity index (χ0v) is 24.6. The molecule has 0 radical (unpaired) electrons. The normalized spacial score (nSPS) is 14.7. The highest BCUT2D eigenvalue weighted by Gasteiger charge is 2.34. The molecule has 44 heavy (non-hydrogen) atoms. The van der Waals surface area contributed by atoms with Crippen LogP contribution in [-0.2, 0) is 12.7 Å². The van der Waals surface area contributed by atoms with Crippen LogP contribution < -0.4 is 10.1 Å². The quantitative estimate of drug-likeness (QED) is 0.237. The van der Waals surface area contributed by atoms with Gasteiger partial charge in [-0.15, -0.1) is 0 Å². The molecule has 0 aliphatic carbocycles. The molecule has 0 unspecified atom stereocenters. The van der Waals surface area contributed by atoms with E-state index in [-0.39, 0.29) is 46.6 Å². The van der Waals surface area contributed by atoms with Crippen molar-refractivity contribution in [1.82, 2.24) is 29.7 Å². The minimum Gasteiger partial charge on any atom is -0.435 e. The Hall–Kier alpha value is -4.30. The van der Waals surface area contributed by atoms with E-state index >= 15 is 4.39 Å². The maximum Gasteiger partial charge on any atom is 0.416 e. The number of ether oxygens (including phenoxy) is 1. The minimum absolute atomic E-state index is 0.0127. The summed E-state index contributed by atoms with van der Waals surface area (Å²) in [5.41, 5.74) is -0.476. The van der Waals surface area contributed by atoms with Crippen molar-refractivity contribution >= 4 is 28.3 Å². The monoisotopic (exact) mass is 617 g/mol. The SMILES string of the molecule is CCN(C)C(=O)c1c(Nc2ccc(CN3CCN(C)CC3)c(C(F)(F)F)c2)ncnc1Oc1cc(F)c2[nH]c(C)cc2c1F. The van der Waals surface area contributed by atoms with Crippen molar-refractivity contribution in [3.8, 4) is 11.6 Å². The van der Waals surface area contributed by atoms with Crippen molar-refractivity contribution in [2.75, 3.05) is 52.1 Å². The van der Waals surface area contributed by atoms with Crippen LogP contribution in [0.25, 0.3) is 10.9 Å². The van der Waals surface area contributed by atoms with E-state index in [9.17, 15) is 22.4 Å². The Bertz CT molecular complexity index is 1680. The van der Waals surface area contributed by atoms with Crippen molar-refractivity contribution in [3.05, 3.63) is 70.7 Å². The number of alkyl halides is 3. The van der Waals surface area contributed by atoms with Gasteiger partial charge in [0.1, 0.15) is 11.9 Å². The smallest absolute Gasteiger partial charge is 0.416 e. The van der Waals surface area contributed by atoms with Gasteiger partial charge >= 0.3 is 6.18 Å². The van der Waals surface area contributed by atoms with E-state index in [1.807, 2.05) is 11.9 Å². The molecule has 1 aliphatic rings. The number of anilines is 2. The van der Waals surface area contributed by atoms with Gasteiger partial charge in [-0.2, -0.15) is 13.2 Å². The standard InChI is InChI=1S/C30H32F5N7O2/c1-5-41(4)29(43)24-27(36-16-37-28(24)44-23-14-22(31)26-20(25(23)32)12-17(2)38-26)39-19-7-6-18(21(13-19)30(33,34)35)15-42-10-8-40(3)9-11-42/h6-7,12-14,16,38H,5,8-11,15H2,1-4H3,(H,36,37,39). The minimum atomic E-state index is -4.64. The Kier molecular flexibility index (Phi) is 8.75. The number of hydrogen-bond donors (Lipinski definition) is 2. The highest BCUT2D eigenvalue weighted by molar-refractivity contribution is 6.01. The number of H-pyrrole nitrogens is 1. The molecule has 9 nitrogen and oxygen atoms in total. The van der Waals surface area contributed by atoms with E-state index in [0.29, 0.717) is 18.8 Å². The number of nitrogens with zero attached hydrogens (tertiary/aromatic N) is 5. The first-order chi connectivity index (χ1) is 20.8. The van der Waals surface area contributed by atoms with Gasteiger partial charge in [0.2, 0.25) is 5.88 Å². The number of likely N-dealkylation sites (N-methyl/N-ethyl adjacent to an activating group) is 1. The number of amides is 1. The van der Waals surface area contributed by atoms with Gasteiger partial charge in [-0.3, -0.25) is 9.69 Å². The lowest BCUT2D eigenvalue weighted by molar-refractivity contribution is -0.138. The van der Waals surface area contributed by atoms with Gasteiger partial charge in [-0.1, -0.05) is 6.07 Å². The van der Waals surface area contributed by atoms with Gasteiger partial charge in [0.25, 0.3) is 5.91 Å². The second kappa shape index (κ2) is 12.4. The molecule has 1 amide bonds. The molecule has 2 aromatic heterocycles. The average molecular weight is 618 g/mol. The number of aryl methyl sites for hydroxylation is 1. The van der Waals surface area contributed by atoms with Crippen LogP contribution >= 0.6 is 0 Å². The molecule has 0 bridgehead atoms. The molecule has 4 aromatic rings.